The summed E-state index contributed by atoms with van der Waals surface area (Å²) in [6, 6.07) is 9.66. The van der Waals surface area contributed by atoms with Crippen LogP contribution in [-0.4, -0.2) is 45.9 Å². The SMILES string of the molecule is Cc1cc(I)ccc1N(CC(C)C)S(=O)(=O)c1ccc(OCC2CCOCC2)c(C(=O)O)c1. The lowest BCUT2D eigenvalue weighted by Gasteiger charge is -2.28. The minimum Gasteiger partial charge on any atom is -0.492 e. The molecule has 0 bridgehead atoms. The number of nitrogens with zero attached hydrogens (tertiary/aromatic N) is 1. The molecule has 2 aromatic rings. The van der Waals surface area contributed by atoms with Crippen molar-refractivity contribution in [2.75, 3.05) is 30.7 Å². The zero-order valence-electron chi connectivity index (χ0n) is 19.1. The van der Waals surface area contributed by atoms with Crippen LogP contribution < -0.4 is 9.04 Å². The summed E-state index contributed by atoms with van der Waals surface area (Å²) in [5.41, 5.74) is 1.26. The third-order valence-electron chi connectivity index (χ3n) is 5.54. The summed E-state index contributed by atoms with van der Waals surface area (Å²) >= 11 is 2.19. The van der Waals surface area contributed by atoms with E-state index in [1.165, 1.54) is 22.5 Å². The van der Waals surface area contributed by atoms with Crippen molar-refractivity contribution in [3.8, 4) is 5.75 Å². The van der Waals surface area contributed by atoms with Crippen LogP contribution in [0, 0.1) is 22.3 Å². The number of carboxylic acid groups (broad SMARTS) is 1. The molecule has 1 saturated heterocycles. The second kappa shape index (κ2) is 11.1. The third kappa shape index (κ3) is 6.39. The number of aromatic carboxylic acids is 1. The number of ether oxygens (including phenoxy) is 2. The molecule has 7 nitrogen and oxygen atoms in total. The summed E-state index contributed by atoms with van der Waals surface area (Å²) in [6.45, 7) is 7.74. The highest BCUT2D eigenvalue weighted by Gasteiger charge is 2.29. The number of hydrogen-bond donors (Lipinski definition) is 1. The average molecular weight is 587 g/mol. The fraction of sp³-hybridized carbons (Fsp3) is 0.458. The van der Waals surface area contributed by atoms with Gasteiger partial charge >= 0.3 is 5.97 Å². The van der Waals surface area contributed by atoms with Gasteiger partial charge in [-0.05, 0) is 96.2 Å². The molecule has 0 aliphatic carbocycles. The monoisotopic (exact) mass is 587 g/mol. The maximum absolute atomic E-state index is 13.7. The van der Waals surface area contributed by atoms with Gasteiger partial charge in [-0.2, -0.15) is 0 Å². The molecule has 0 saturated carbocycles. The standard InChI is InChI=1S/C24H30INO6S/c1-16(2)14-26(22-6-4-19(25)12-17(22)3)33(29,30)20-5-7-23(21(13-20)24(27)28)32-15-18-8-10-31-11-9-18/h4-7,12-13,16,18H,8-11,14-15H2,1-3H3,(H,27,28). The Morgan fingerprint density at radius 3 is 2.52 bits per heavy atom. The van der Waals surface area contributed by atoms with Crippen molar-refractivity contribution in [2.24, 2.45) is 11.8 Å². The molecule has 1 aliphatic rings. The zero-order chi connectivity index (χ0) is 24.2. The number of rotatable bonds is 9. The fourth-order valence-electron chi connectivity index (χ4n) is 3.77. The summed E-state index contributed by atoms with van der Waals surface area (Å²) < 4.78 is 40.9. The molecule has 0 amide bonds. The van der Waals surface area contributed by atoms with E-state index in [1.807, 2.05) is 32.9 Å². The Morgan fingerprint density at radius 1 is 1.21 bits per heavy atom. The molecule has 180 valence electrons. The second-order valence-electron chi connectivity index (χ2n) is 8.69. The summed E-state index contributed by atoms with van der Waals surface area (Å²) in [5.74, 6) is -0.697. The first-order chi connectivity index (χ1) is 15.6. The van der Waals surface area contributed by atoms with Crippen LogP contribution in [0.2, 0.25) is 0 Å². The molecule has 9 heteroatoms. The van der Waals surface area contributed by atoms with Crippen molar-refractivity contribution in [1.29, 1.82) is 0 Å². The van der Waals surface area contributed by atoms with Gasteiger partial charge in [0.05, 0.1) is 17.2 Å². The van der Waals surface area contributed by atoms with E-state index in [9.17, 15) is 18.3 Å². The van der Waals surface area contributed by atoms with Gasteiger partial charge in [0.1, 0.15) is 11.3 Å². The highest BCUT2D eigenvalue weighted by atomic mass is 127. The number of benzene rings is 2. The number of anilines is 1. The molecule has 0 aromatic heterocycles. The number of carboxylic acids is 1. The first kappa shape index (κ1) is 25.8. The van der Waals surface area contributed by atoms with E-state index in [4.69, 9.17) is 9.47 Å². The highest BCUT2D eigenvalue weighted by Crippen LogP contribution is 2.31. The topological polar surface area (TPSA) is 93.1 Å². The molecule has 0 atom stereocenters. The van der Waals surface area contributed by atoms with Gasteiger partial charge in [-0.3, -0.25) is 4.31 Å². The number of halogens is 1. The molecular weight excluding hydrogens is 557 g/mol. The van der Waals surface area contributed by atoms with Crippen molar-refractivity contribution in [3.63, 3.8) is 0 Å². The van der Waals surface area contributed by atoms with Gasteiger partial charge in [-0.15, -0.1) is 0 Å². The molecule has 1 aliphatic heterocycles. The fourth-order valence-corrected chi connectivity index (χ4v) is 6.13. The normalized spacial score (nSPS) is 14.9. The van der Waals surface area contributed by atoms with Crippen LogP contribution in [0.25, 0.3) is 0 Å². The molecule has 3 rings (SSSR count). The highest BCUT2D eigenvalue weighted by molar-refractivity contribution is 14.1. The van der Waals surface area contributed by atoms with Gasteiger partial charge in [0.25, 0.3) is 10.0 Å². The predicted molar refractivity (Wildman–Crippen MR) is 136 cm³/mol. The van der Waals surface area contributed by atoms with E-state index < -0.39 is 16.0 Å². The van der Waals surface area contributed by atoms with E-state index in [-0.39, 0.29) is 34.6 Å². The molecule has 0 unspecified atom stereocenters. The van der Waals surface area contributed by atoms with Gasteiger partial charge in [-0.25, -0.2) is 13.2 Å². The Morgan fingerprint density at radius 2 is 1.91 bits per heavy atom. The predicted octanol–water partition coefficient (Wildman–Crippen LogP) is 4.95. The van der Waals surface area contributed by atoms with E-state index in [0.29, 0.717) is 25.5 Å². The van der Waals surface area contributed by atoms with Crippen molar-refractivity contribution >= 4 is 44.3 Å². The lowest BCUT2D eigenvalue weighted by Crippen LogP contribution is -2.35. The van der Waals surface area contributed by atoms with E-state index >= 15 is 0 Å². The molecule has 1 heterocycles. The van der Waals surface area contributed by atoms with Crippen LogP contribution >= 0.6 is 22.6 Å². The Bertz CT molecular complexity index is 1100. The smallest absolute Gasteiger partial charge is 0.339 e. The van der Waals surface area contributed by atoms with Crippen LogP contribution in [0.15, 0.2) is 41.3 Å². The summed E-state index contributed by atoms with van der Waals surface area (Å²) in [6.07, 6.45) is 1.71. The minimum atomic E-state index is -4.00. The van der Waals surface area contributed by atoms with Gasteiger partial charge in [0.15, 0.2) is 0 Å². The van der Waals surface area contributed by atoms with Gasteiger partial charge in [0, 0.05) is 23.3 Å². The van der Waals surface area contributed by atoms with Crippen LogP contribution in [-0.2, 0) is 14.8 Å². The largest absolute Gasteiger partial charge is 0.492 e. The second-order valence-corrected chi connectivity index (χ2v) is 11.8. The number of sulfonamides is 1. The van der Waals surface area contributed by atoms with Crippen LogP contribution in [0.4, 0.5) is 5.69 Å². The first-order valence-corrected chi connectivity index (χ1v) is 13.5. The maximum Gasteiger partial charge on any atom is 0.339 e. The molecule has 0 radical (unpaired) electrons. The molecule has 1 fully saturated rings. The van der Waals surface area contributed by atoms with Crippen molar-refractivity contribution in [3.05, 3.63) is 51.1 Å². The molecule has 1 N–H and O–H groups in total. The van der Waals surface area contributed by atoms with Crippen molar-refractivity contribution in [1.82, 2.24) is 0 Å². The molecule has 33 heavy (non-hydrogen) atoms. The van der Waals surface area contributed by atoms with Crippen LogP contribution in [0.3, 0.4) is 0 Å². The van der Waals surface area contributed by atoms with Crippen LogP contribution in [0.1, 0.15) is 42.6 Å². The zero-order valence-corrected chi connectivity index (χ0v) is 22.1. The van der Waals surface area contributed by atoms with E-state index in [0.717, 1.165) is 22.0 Å². The van der Waals surface area contributed by atoms with Gasteiger partial charge < -0.3 is 14.6 Å². The van der Waals surface area contributed by atoms with E-state index in [1.54, 1.807) is 6.07 Å². The van der Waals surface area contributed by atoms with Crippen LogP contribution in [0.5, 0.6) is 5.75 Å². The lowest BCUT2D eigenvalue weighted by molar-refractivity contribution is 0.0490. The lowest BCUT2D eigenvalue weighted by atomic mass is 10.0. The minimum absolute atomic E-state index is 0.0690. The summed E-state index contributed by atoms with van der Waals surface area (Å²) in [4.78, 5) is 11.9. The third-order valence-corrected chi connectivity index (χ3v) is 7.99. The van der Waals surface area contributed by atoms with Gasteiger partial charge in [0.2, 0.25) is 0 Å². The number of aryl methyl sites for hydroxylation is 1. The van der Waals surface area contributed by atoms with Gasteiger partial charge in [-0.1, -0.05) is 13.8 Å². The van der Waals surface area contributed by atoms with E-state index in [2.05, 4.69) is 22.6 Å². The Hall–Kier alpha value is -1.85. The van der Waals surface area contributed by atoms with Crippen molar-refractivity contribution in [2.45, 2.75) is 38.5 Å². The summed E-state index contributed by atoms with van der Waals surface area (Å²) in [5, 5.41) is 9.76. The van der Waals surface area contributed by atoms with Crippen molar-refractivity contribution < 1.29 is 27.8 Å². The Kier molecular flexibility index (Phi) is 8.63. The first-order valence-electron chi connectivity index (χ1n) is 11.0. The number of carbonyl (C=O) groups is 1. The summed E-state index contributed by atoms with van der Waals surface area (Å²) in [7, 11) is -4.00. The molecular formula is C24H30INO6S. The Balaban J connectivity index is 1.95. The molecule has 2 aromatic carbocycles. The quantitative estimate of drug-likeness (QED) is 0.418. The molecule has 0 spiro atoms. The average Bonchev–Trinajstić information content (AvgIpc) is 2.76. The number of hydrogen-bond acceptors (Lipinski definition) is 5. The Labute approximate surface area is 209 Å². The maximum atomic E-state index is 13.7.